The van der Waals surface area contributed by atoms with Crippen LogP contribution in [0.5, 0.6) is 0 Å². The molecule has 0 aliphatic carbocycles. The molecule has 0 fully saturated rings. The summed E-state index contributed by atoms with van der Waals surface area (Å²) in [5.74, 6) is -0.0771. The van der Waals surface area contributed by atoms with E-state index in [1.165, 1.54) is 18.9 Å². The fourth-order valence-electron chi connectivity index (χ4n) is 1.32. The van der Waals surface area contributed by atoms with Crippen LogP contribution in [-0.4, -0.2) is 42.5 Å². The lowest BCUT2D eigenvalue weighted by atomic mass is 10.2. The molecule has 1 aromatic carbocycles. The van der Waals surface area contributed by atoms with Crippen LogP contribution in [0, 0.1) is 0 Å². The predicted octanol–water partition coefficient (Wildman–Crippen LogP) is 1.22. The Bertz CT molecular complexity index is 452. The number of carbonyl (C=O) groups excluding carboxylic acids is 2. The maximum atomic E-state index is 11.5. The summed E-state index contributed by atoms with van der Waals surface area (Å²) < 4.78 is 4.34. The van der Waals surface area contributed by atoms with Crippen molar-refractivity contribution in [2.24, 2.45) is 0 Å². The van der Waals surface area contributed by atoms with Gasteiger partial charge in [0, 0.05) is 10.8 Å². The van der Waals surface area contributed by atoms with Gasteiger partial charge in [-0.25, -0.2) is 4.79 Å². The van der Waals surface area contributed by atoms with Gasteiger partial charge < -0.3 is 15.2 Å². The highest BCUT2D eigenvalue weighted by Crippen LogP contribution is 2.15. The Labute approximate surface area is 126 Å². The van der Waals surface area contributed by atoms with E-state index in [1.54, 1.807) is 12.1 Å². The van der Waals surface area contributed by atoms with Crippen molar-refractivity contribution in [2.45, 2.75) is 11.9 Å². The summed E-state index contributed by atoms with van der Waals surface area (Å²) in [6, 6.07) is 7.39. The largest absolute Gasteiger partial charge is 0.467 e. The summed E-state index contributed by atoms with van der Waals surface area (Å²) in [5.41, 5.74) is 1.07. The van der Waals surface area contributed by atoms with Crippen molar-refractivity contribution in [3.63, 3.8) is 0 Å². The van der Waals surface area contributed by atoms with Crippen LogP contribution in [0.15, 0.2) is 24.3 Å². The number of hydrogen-bond donors (Lipinski definition) is 2. The van der Waals surface area contributed by atoms with E-state index in [2.05, 4.69) is 10.1 Å². The number of ether oxygens (including phenoxy) is 1. The number of amides is 1. The number of carbonyl (C=O) groups is 2. The number of hydrogen-bond acceptors (Lipinski definition) is 5. The molecule has 0 aliphatic rings. The Balaban J connectivity index is 2.20. The number of rotatable bonds is 7. The zero-order valence-electron chi connectivity index (χ0n) is 11.0. The molecule has 0 radical (unpaired) electrons. The first kappa shape index (κ1) is 16.8. The number of aliphatic hydroxyl groups excluding tert-OH is 1. The van der Waals surface area contributed by atoms with Crippen molar-refractivity contribution in [1.29, 1.82) is 0 Å². The molecule has 0 aromatic heterocycles. The van der Waals surface area contributed by atoms with Crippen LogP contribution in [0.2, 0.25) is 5.02 Å². The second kappa shape index (κ2) is 8.84. The van der Waals surface area contributed by atoms with E-state index in [4.69, 9.17) is 11.6 Å². The van der Waals surface area contributed by atoms with Crippen LogP contribution in [0.25, 0.3) is 0 Å². The van der Waals surface area contributed by atoms with Crippen molar-refractivity contribution in [3.8, 4) is 0 Å². The first-order chi connectivity index (χ1) is 9.52. The average molecular weight is 318 g/mol. The monoisotopic (exact) mass is 317 g/mol. The molecule has 1 atom stereocenters. The summed E-state index contributed by atoms with van der Waals surface area (Å²) in [7, 11) is 1.18. The van der Waals surface area contributed by atoms with Gasteiger partial charge in [-0.1, -0.05) is 23.7 Å². The molecule has 1 unspecified atom stereocenters. The third-order valence-electron chi connectivity index (χ3n) is 2.38. The van der Waals surface area contributed by atoms with Crippen LogP contribution in [0.4, 0.5) is 0 Å². The third-order valence-corrected chi connectivity index (χ3v) is 3.64. The molecular formula is C13H16ClNO4S. The summed E-state index contributed by atoms with van der Waals surface area (Å²) in [6.45, 7) is -0.146. The van der Waals surface area contributed by atoms with Gasteiger partial charge in [0.25, 0.3) is 0 Å². The summed E-state index contributed by atoms with van der Waals surface area (Å²) in [6.07, 6.45) is -1.33. The van der Waals surface area contributed by atoms with Crippen molar-refractivity contribution in [2.75, 3.05) is 19.4 Å². The number of benzene rings is 1. The van der Waals surface area contributed by atoms with Gasteiger partial charge in [0.2, 0.25) is 5.91 Å². The molecular weight excluding hydrogens is 302 g/mol. The molecule has 0 saturated carbocycles. The van der Waals surface area contributed by atoms with Crippen LogP contribution in [0.3, 0.4) is 0 Å². The number of methoxy groups -OCH3 is 1. The molecule has 1 amide bonds. The maximum absolute atomic E-state index is 11.5. The fraction of sp³-hybridized carbons (Fsp3) is 0.385. The molecule has 5 nitrogen and oxygen atoms in total. The highest BCUT2D eigenvalue weighted by atomic mass is 35.5. The molecule has 0 heterocycles. The Hall–Kier alpha value is -1.24. The summed E-state index contributed by atoms with van der Waals surface area (Å²) in [4.78, 5) is 22.4. The maximum Gasteiger partial charge on any atom is 0.336 e. The number of halogens is 1. The summed E-state index contributed by atoms with van der Waals surface area (Å²) >= 11 is 7.21. The Morgan fingerprint density at radius 1 is 1.40 bits per heavy atom. The Morgan fingerprint density at radius 2 is 2.05 bits per heavy atom. The molecule has 20 heavy (non-hydrogen) atoms. The summed E-state index contributed by atoms with van der Waals surface area (Å²) in [5, 5.41) is 12.4. The highest BCUT2D eigenvalue weighted by Gasteiger charge is 2.15. The molecule has 0 aliphatic heterocycles. The van der Waals surface area contributed by atoms with Crippen molar-refractivity contribution >= 4 is 35.2 Å². The van der Waals surface area contributed by atoms with E-state index < -0.39 is 12.1 Å². The van der Waals surface area contributed by atoms with Crippen LogP contribution < -0.4 is 5.32 Å². The lowest BCUT2D eigenvalue weighted by Gasteiger charge is -2.09. The van der Waals surface area contributed by atoms with Gasteiger partial charge >= 0.3 is 5.97 Å². The standard InChI is InChI=1S/C13H16ClNO4S/c1-19-13(18)11(16)6-15-12(17)8-20-7-9-2-4-10(14)5-3-9/h2-5,11,16H,6-8H2,1H3,(H,15,17). The van der Waals surface area contributed by atoms with E-state index >= 15 is 0 Å². The number of nitrogens with one attached hydrogen (secondary N) is 1. The second-order valence-corrected chi connectivity index (χ2v) is 5.38. The lowest BCUT2D eigenvalue weighted by molar-refractivity contribution is -0.150. The van der Waals surface area contributed by atoms with Crippen molar-refractivity contribution in [3.05, 3.63) is 34.9 Å². The van der Waals surface area contributed by atoms with Gasteiger partial charge in [0.15, 0.2) is 6.10 Å². The van der Waals surface area contributed by atoms with Crippen LogP contribution in [0.1, 0.15) is 5.56 Å². The molecule has 7 heteroatoms. The van der Waals surface area contributed by atoms with Gasteiger partial charge in [-0.05, 0) is 17.7 Å². The number of aliphatic hydroxyl groups is 1. The van der Waals surface area contributed by atoms with Crippen LogP contribution >= 0.6 is 23.4 Å². The van der Waals surface area contributed by atoms with Gasteiger partial charge in [-0.2, -0.15) is 0 Å². The Kier molecular flexibility index (Phi) is 7.43. The van der Waals surface area contributed by atoms with E-state index in [0.29, 0.717) is 10.8 Å². The zero-order chi connectivity index (χ0) is 15.0. The number of esters is 1. The molecule has 0 bridgehead atoms. The lowest BCUT2D eigenvalue weighted by Crippen LogP contribution is -2.37. The Morgan fingerprint density at radius 3 is 2.65 bits per heavy atom. The smallest absolute Gasteiger partial charge is 0.336 e. The molecule has 2 N–H and O–H groups in total. The second-order valence-electron chi connectivity index (χ2n) is 3.96. The predicted molar refractivity (Wildman–Crippen MR) is 78.6 cm³/mol. The third kappa shape index (κ3) is 6.27. The number of thioether (sulfide) groups is 1. The normalized spacial score (nSPS) is 11.8. The van der Waals surface area contributed by atoms with Gasteiger partial charge in [-0.3, -0.25) is 4.79 Å². The minimum Gasteiger partial charge on any atom is -0.467 e. The first-order valence-electron chi connectivity index (χ1n) is 5.87. The van der Waals surface area contributed by atoms with Gasteiger partial charge in [-0.15, -0.1) is 11.8 Å². The zero-order valence-corrected chi connectivity index (χ0v) is 12.5. The molecule has 110 valence electrons. The van der Waals surface area contributed by atoms with Gasteiger partial charge in [0.1, 0.15) is 0 Å². The van der Waals surface area contributed by atoms with Crippen molar-refractivity contribution in [1.82, 2.24) is 5.32 Å². The SMILES string of the molecule is COC(=O)C(O)CNC(=O)CSCc1ccc(Cl)cc1. The first-order valence-corrected chi connectivity index (χ1v) is 7.41. The van der Waals surface area contributed by atoms with E-state index in [9.17, 15) is 14.7 Å². The van der Waals surface area contributed by atoms with Crippen LogP contribution in [-0.2, 0) is 20.1 Å². The molecule has 0 saturated heterocycles. The topological polar surface area (TPSA) is 75.6 Å². The average Bonchev–Trinajstić information content (AvgIpc) is 2.46. The van der Waals surface area contributed by atoms with E-state index in [1.807, 2.05) is 12.1 Å². The molecule has 0 spiro atoms. The molecule has 1 rings (SSSR count). The van der Waals surface area contributed by atoms with Gasteiger partial charge in [0.05, 0.1) is 19.4 Å². The fourth-order valence-corrected chi connectivity index (χ4v) is 2.27. The van der Waals surface area contributed by atoms with Crippen molar-refractivity contribution < 1.29 is 19.4 Å². The highest BCUT2D eigenvalue weighted by molar-refractivity contribution is 7.99. The van der Waals surface area contributed by atoms with E-state index in [0.717, 1.165) is 5.56 Å². The molecule has 1 aromatic rings. The minimum absolute atomic E-state index is 0.146. The quantitative estimate of drug-likeness (QED) is 0.740. The minimum atomic E-state index is -1.33. The van der Waals surface area contributed by atoms with E-state index in [-0.39, 0.29) is 18.2 Å².